The number of aryl methyl sites for hydroxylation is 2. The van der Waals surface area contributed by atoms with Gasteiger partial charge in [-0.2, -0.15) is 0 Å². The molecule has 4 heteroatoms. The van der Waals surface area contributed by atoms with Crippen molar-refractivity contribution in [2.75, 3.05) is 5.32 Å². The van der Waals surface area contributed by atoms with E-state index in [1.54, 1.807) is 6.07 Å². The number of benzene rings is 2. The Labute approximate surface area is 122 Å². The van der Waals surface area contributed by atoms with Crippen LogP contribution >= 0.6 is 0 Å². The molecule has 2 rings (SSSR count). The van der Waals surface area contributed by atoms with E-state index in [1.807, 2.05) is 26.0 Å². The molecule has 0 aliphatic rings. The average Bonchev–Trinajstić information content (AvgIpc) is 2.45. The Morgan fingerprint density at radius 1 is 1.00 bits per heavy atom. The molecule has 1 N–H and O–H groups in total. The summed E-state index contributed by atoms with van der Waals surface area (Å²) in [6.45, 7) is 3.92. The summed E-state index contributed by atoms with van der Waals surface area (Å²) in [5.74, 6) is -2.00. The van der Waals surface area contributed by atoms with E-state index in [0.29, 0.717) is 11.3 Å². The van der Waals surface area contributed by atoms with Crippen molar-refractivity contribution in [2.24, 2.45) is 0 Å². The van der Waals surface area contributed by atoms with Crippen molar-refractivity contribution < 1.29 is 13.6 Å². The van der Waals surface area contributed by atoms with Gasteiger partial charge < -0.3 is 5.32 Å². The maximum absolute atomic E-state index is 13.0. The molecule has 0 aliphatic heterocycles. The molecule has 21 heavy (non-hydrogen) atoms. The molecule has 0 unspecified atom stereocenters. The number of rotatable bonds is 4. The predicted molar refractivity (Wildman–Crippen MR) is 79.4 cm³/mol. The average molecular weight is 287 g/mol. The van der Waals surface area contributed by atoms with Gasteiger partial charge in [0.05, 0.1) is 0 Å². The van der Waals surface area contributed by atoms with Gasteiger partial charge in [-0.1, -0.05) is 12.1 Å². The highest BCUT2D eigenvalue weighted by molar-refractivity contribution is 6.04. The third-order valence-corrected chi connectivity index (χ3v) is 3.20. The van der Waals surface area contributed by atoms with Crippen LogP contribution < -0.4 is 5.32 Å². The summed E-state index contributed by atoms with van der Waals surface area (Å²) in [7, 11) is 0. The topological polar surface area (TPSA) is 29.1 Å². The van der Waals surface area contributed by atoms with Crippen LogP contribution in [0.25, 0.3) is 0 Å². The first-order valence-corrected chi connectivity index (χ1v) is 6.47. The molecule has 2 aromatic carbocycles. The fourth-order valence-corrected chi connectivity index (χ4v) is 1.79. The van der Waals surface area contributed by atoms with Gasteiger partial charge in [0, 0.05) is 29.6 Å². The van der Waals surface area contributed by atoms with Crippen molar-refractivity contribution in [3.05, 3.63) is 77.0 Å². The summed E-state index contributed by atoms with van der Waals surface area (Å²) in [4.78, 5) is 12.0. The van der Waals surface area contributed by atoms with Crippen LogP contribution in [0, 0.1) is 25.5 Å². The molecule has 0 heterocycles. The van der Waals surface area contributed by atoms with E-state index in [2.05, 4.69) is 5.32 Å². The minimum atomic E-state index is -0.936. The molecule has 0 aromatic heterocycles. The second-order valence-electron chi connectivity index (χ2n) is 4.77. The molecule has 0 amide bonds. The number of hydrogen-bond acceptors (Lipinski definition) is 2. The smallest absolute Gasteiger partial charge is 0.187 e. The van der Waals surface area contributed by atoms with E-state index in [9.17, 15) is 13.6 Å². The van der Waals surface area contributed by atoms with Crippen LogP contribution in [0.4, 0.5) is 14.5 Å². The molecule has 2 nitrogen and oxygen atoms in total. The van der Waals surface area contributed by atoms with E-state index in [1.165, 1.54) is 18.3 Å². The quantitative estimate of drug-likeness (QED) is 0.667. The Morgan fingerprint density at radius 2 is 1.76 bits per heavy atom. The molecule has 0 spiro atoms. The van der Waals surface area contributed by atoms with E-state index in [0.717, 1.165) is 23.3 Å². The van der Waals surface area contributed by atoms with Gasteiger partial charge in [-0.05, 0) is 43.2 Å². The predicted octanol–water partition coefficient (Wildman–Crippen LogP) is 4.39. The Hall–Kier alpha value is -2.49. The lowest BCUT2D eigenvalue weighted by Crippen LogP contribution is -1.98. The molecule has 0 saturated heterocycles. The number of allylic oxidation sites excluding steroid dienone is 1. The van der Waals surface area contributed by atoms with Crippen molar-refractivity contribution in [1.82, 2.24) is 0 Å². The van der Waals surface area contributed by atoms with Crippen molar-refractivity contribution in [1.29, 1.82) is 0 Å². The van der Waals surface area contributed by atoms with Crippen LogP contribution in [0.5, 0.6) is 0 Å². The lowest BCUT2D eigenvalue weighted by atomic mass is 10.0. The summed E-state index contributed by atoms with van der Waals surface area (Å²) in [5, 5.41) is 2.73. The zero-order chi connectivity index (χ0) is 15.4. The molecule has 0 aliphatic carbocycles. The van der Waals surface area contributed by atoms with Gasteiger partial charge in [-0.25, -0.2) is 8.78 Å². The number of carbonyl (C=O) groups is 1. The Bertz CT molecular complexity index is 708. The fraction of sp³-hybridized carbons (Fsp3) is 0.118. The second-order valence-corrected chi connectivity index (χ2v) is 4.77. The van der Waals surface area contributed by atoms with Crippen LogP contribution in [-0.2, 0) is 0 Å². The number of nitrogens with one attached hydrogen (secondary N) is 1. The largest absolute Gasteiger partial charge is 0.361 e. The molecule has 0 fully saturated rings. The Balaban J connectivity index is 2.04. The maximum atomic E-state index is 13.0. The van der Waals surface area contributed by atoms with Gasteiger partial charge in [0.1, 0.15) is 0 Å². The van der Waals surface area contributed by atoms with Gasteiger partial charge >= 0.3 is 0 Å². The van der Waals surface area contributed by atoms with Gasteiger partial charge in [-0.15, -0.1) is 0 Å². The van der Waals surface area contributed by atoms with E-state index in [-0.39, 0.29) is 5.78 Å². The van der Waals surface area contributed by atoms with Crippen molar-refractivity contribution in [3.8, 4) is 0 Å². The minimum Gasteiger partial charge on any atom is -0.361 e. The maximum Gasteiger partial charge on any atom is 0.187 e. The molecule has 108 valence electrons. The molecule has 0 bridgehead atoms. The summed E-state index contributed by atoms with van der Waals surface area (Å²) in [6.07, 6.45) is 2.76. The minimum absolute atomic E-state index is 0.159. The van der Waals surface area contributed by atoms with Gasteiger partial charge in [0.25, 0.3) is 0 Å². The molecular formula is C17H15F2NO. The zero-order valence-electron chi connectivity index (χ0n) is 11.8. The lowest BCUT2D eigenvalue weighted by Gasteiger charge is -2.03. The highest BCUT2D eigenvalue weighted by Gasteiger charge is 2.04. The Morgan fingerprint density at radius 3 is 2.43 bits per heavy atom. The van der Waals surface area contributed by atoms with Crippen LogP contribution in [0.15, 0.2) is 48.7 Å². The SMILES string of the molecule is Cc1ccc(C(=O)/C=C/Nc2ccc(F)c(F)c2)cc1C. The summed E-state index contributed by atoms with van der Waals surface area (Å²) in [5.41, 5.74) is 3.12. The van der Waals surface area contributed by atoms with Crippen LogP contribution in [0.3, 0.4) is 0 Å². The summed E-state index contributed by atoms with van der Waals surface area (Å²) < 4.78 is 25.8. The molecule has 0 saturated carbocycles. The third-order valence-electron chi connectivity index (χ3n) is 3.20. The first-order chi connectivity index (χ1) is 9.97. The highest BCUT2D eigenvalue weighted by atomic mass is 19.2. The summed E-state index contributed by atoms with van der Waals surface area (Å²) in [6, 6.07) is 8.91. The van der Waals surface area contributed by atoms with E-state index in [4.69, 9.17) is 0 Å². The molecular weight excluding hydrogens is 272 g/mol. The van der Waals surface area contributed by atoms with Gasteiger partial charge in [0.2, 0.25) is 0 Å². The van der Waals surface area contributed by atoms with Gasteiger partial charge in [0.15, 0.2) is 17.4 Å². The second kappa shape index (κ2) is 6.31. The normalized spacial score (nSPS) is 10.9. The Kier molecular flexibility index (Phi) is 4.48. The number of anilines is 1. The van der Waals surface area contributed by atoms with Crippen LogP contribution in [0.2, 0.25) is 0 Å². The molecule has 0 radical (unpaired) electrons. The standard InChI is InChI=1S/C17H15F2NO/c1-11-3-4-13(9-12(11)2)17(21)7-8-20-14-5-6-15(18)16(19)10-14/h3-10,20H,1-2H3/b8-7+. The van der Waals surface area contributed by atoms with E-state index >= 15 is 0 Å². The lowest BCUT2D eigenvalue weighted by molar-refractivity contribution is 0.104. The van der Waals surface area contributed by atoms with Crippen molar-refractivity contribution >= 4 is 11.5 Å². The molecule has 2 aromatic rings. The number of hydrogen-bond donors (Lipinski definition) is 1. The number of ketones is 1. The van der Waals surface area contributed by atoms with Crippen molar-refractivity contribution in [3.63, 3.8) is 0 Å². The van der Waals surface area contributed by atoms with Crippen molar-refractivity contribution in [2.45, 2.75) is 13.8 Å². The monoisotopic (exact) mass is 287 g/mol. The van der Waals surface area contributed by atoms with Gasteiger partial charge in [-0.3, -0.25) is 4.79 Å². The first-order valence-electron chi connectivity index (χ1n) is 6.47. The van der Waals surface area contributed by atoms with Crippen LogP contribution in [0.1, 0.15) is 21.5 Å². The number of halogens is 2. The van der Waals surface area contributed by atoms with Crippen LogP contribution in [-0.4, -0.2) is 5.78 Å². The zero-order valence-corrected chi connectivity index (χ0v) is 11.8. The summed E-state index contributed by atoms with van der Waals surface area (Å²) >= 11 is 0. The fourth-order valence-electron chi connectivity index (χ4n) is 1.79. The third kappa shape index (κ3) is 3.75. The highest BCUT2D eigenvalue weighted by Crippen LogP contribution is 2.14. The molecule has 0 atom stereocenters. The first kappa shape index (κ1) is 14.9. The van der Waals surface area contributed by atoms with E-state index < -0.39 is 11.6 Å². The number of carbonyl (C=O) groups excluding carboxylic acids is 1.